The summed E-state index contributed by atoms with van der Waals surface area (Å²) in [5, 5.41) is 18.4. The van der Waals surface area contributed by atoms with Gasteiger partial charge >= 0.3 is 0 Å². The van der Waals surface area contributed by atoms with E-state index in [4.69, 9.17) is 4.74 Å². The Bertz CT molecular complexity index is 1790. The van der Waals surface area contributed by atoms with Gasteiger partial charge in [-0.3, -0.25) is 19.2 Å². The monoisotopic (exact) mass is 569 g/mol. The molecule has 1 aliphatic carbocycles. The largest absolute Gasteiger partial charge is 0.392 e. The molecule has 0 unspecified atom stereocenters. The maximum absolute atomic E-state index is 13.8. The predicted molar refractivity (Wildman–Crippen MR) is 158 cm³/mol. The summed E-state index contributed by atoms with van der Waals surface area (Å²) < 4.78 is 10.9. The first-order valence-corrected chi connectivity index (χ1v) is 14.4. The summed E-state index contributed by atoms with van der Waals surface area (Å²) in [5.74, 6) is 0.899. The van der Waals surface area contributed by atoms with E-state index in [0.29, 0.717) is 66.0 Å². The van der Waals surface area contributed by atoms with Gasteiger partial charge in [-0.1, -0.05) is 13.8 Å². The van der Waals surface area contributed by atoms with E-state index in [1.807, 2.05) is 29.8 Å². The van der Waals surface area contributed by atoms with Crippen molar-refractivity contribution >= 4 is 23.2 Å². The molecule has 7 rings (SSSR count). The Kier molecular flexibility index (Phi) is 6.14. The highest BCUT2D eigenvalue weighted by Crippen LogP contribution is 2.40. The maximum atomic E-state index is 13.8. The summed E-state index contributed by atoms with van der Waals surface area (Å²) in [7, 11) is 1.69. The molecule has 3 aliphatic rings. The lowest BCUT2D eigenvalue weighted by Gasteiger charge is -2.31. The number of nitrogens with one attached hydrogen (secondary N) is 1. The molecule has 6 heterocycles. The van der Waals surface area contributed by atoms with Crippen molar-refractivity contribution in [1.82, 2.24) is 23.9 Å². The first-order chi connectivity index (χ1) is 20.1. The Morgan fingerprint density at radius 2 is 1.95 bits per heavy atom. The highest BCUT2D eigenvalue weighted by Gasteiger charge is 2.37. The number of aryl methyl sites for hydroxylation is 2. The van der Waals surface area contributed by atoms with Crippen molar-refractivity contribution in [2.45, 2.75) is 52.8 Å². The van der Waals surface area contributed by atoms with Gasteiger partial charge in [-0.15, -0.1) is 0 Å². The molecule has 1 saturated heterocycles. The Morgan fingerprint density at radius 1 is 1.14 bits per heavy atom. The summed E-state index contributed by atoms with van der Waals surface area (Å²) in [6.07, 6.45) is 5.31. The molecule has 2 N–H and O–H groups in total. The second-order valence-corrected chi connectivity index (χ2v) is 12.4. The van der Waals surface area contributed by atoms with Crippen molar-refractivity contribution < 1.29 is 14.6 Å². The Morgan fingerprint density at radius 3 is 2.69 bits per heavy atom. The van der Waals surface area contributed by atoms with Gasteiger partial charge in [0.05, 0.1) is 25.9 Å². The lowest BCUT2D eigenvalue weighted by molar-refractivity contribution is -0.0293. The average molecular weight is 570 g/mol. The second-order valence-electron chi connectivity index (χ2n) is 12.4. The van der Waals surface area contributed by atoms with Crippen LogP contribution in [-0.4, -0.2) is 54.7 Å². The minimum Gasteiger partial charge on any atom is -0.392 e. The number of aliphatic hydroxyl groups is 1. The fourth-order valence-corrected chi connectivity index (χ4v) is 6.62. The van der Waals surface area contributed by atoms with E-state index < -0.39 is 0 Å². The van der Waals surface area contributed by atoms with Crippen molar-refractivity contribution in [1.29, 1.82) is 0 Å². The summed E-state index contributed by atoms with van der Waals surface area (Å²) in [5.41, 5.74) is 6.48. The van der Waals surface area contributed by atoms with E-state index in [9.17, 15) is 14.7 Å². The Balaban J connectivity index is 1.22. The Hall–Kier alpha value is -4.22. The van der Waals surface area contributed by atoms with Gasteiger partial charge in [0, 0.05) is 61.1 Å². The number of hydrogen-bond acceptors (Lipinski definition) is 7. The Labute approximate surface area is 243 Å². The average Bonchev–Trinajstić information content (AvgIpc) is 3.54. The van der Waals surface area contributed by atoms with Crippen molar-refractivity contribution in [3.05, 3.63) is 75.2 Å². The first kappa shape index (κ1) is 26.7. The molecule has 0 radical (unpaired) electrons. The maximum Gasteiger partial charge on any atom is 0.276 e. The van der Waals surface area contributed by atoms with Crippen LogP contribution in [0.3, 0.4) is 0 Å². The quantitative estimate of drug-likeness (QED) is 0.366. The topological polar surface area (TPSA) is 119 Å². The van der Waals surface area contributed by atoms with Crippen molar-refractivity contribution in [3.8, 4) is 11.1 Å². The molecular formula is C31H35N7O4. The van der Waals surface area contributed by atoms with Crippen molar-refractivity contribution in [3.63, 3.8) is 0 Å². The van der Waals surface area contributed by atoms with Crippen LogP contribution in [0, 0.1) is 12.3 Å². The minimum atomic E-state index is -0.313. The first-order valence-electron chi connectivity index (χ1n) is 14.4. The number of aromatic nitrogens is 5. The molecular weight excluding hydrogens is 534 g/mol. The molecule has 4 aromatic heterocycles. The smallest absolute Gasteiger partial charge is 0.276 e. The van der Waals surface area contributed by atoms with E-state index in [0.717, 1.165) is 18.5 Å². The van der Waals surface area contributed by atoms with Gasteiger partial charge < -0.3 is 24.3 Å². The van der Waals surface area contributed by atoms with Crippen LogP contribution < -0.4 is 15.8 Å². The van der Waals surface area contributed by atoms with E-state index in [1.165, 1.54) is 15.8 Å². The summed E-state index contributed by atoms with van der Waals surface area (Å²) in [6, 6.07) is 7.71. The number of carbonyl (C=O) groups is 1. The minimum absolute atomic E-state index is 0.113. The highest BCUT2D eigenvalue weighted by molar-refractivity contribution is 6.06. The zero-order valence-corrected chi connectivity index (χ0v) is 24.3. The number of aliphatic hydroxyl groups excluding tert-OH is 1. The van der Waals surface area contributed by atoms with Crippen LogP contribution in [0.1, 0.15) is 52.9 Å². The third-order valence-electron chi connectivity index (χ3n) is 8.72. The van der Waals surface area contributed by atoms with Crippen LogP contribution in [0.25, 0.3) is 11.1 Å². The van der Waals surface area contributed by atoms with Crippen LogP contribution in [0.15, 0.2) is 41.5 Å². The molecule has 1 amide bonds. The normalized spacial score (nSPS) is 17.7. The molecule has 218 valence electrons. The van der Waals surface area contributed by atoms with E-state index in [1.54, 1.807) is 30.4 Å². The molecule has 11 nitrogen and oxygen atoms in total. The lowest BCUT2D eigenvalue weighted by Crippen LogP contribution is -2.41. The molecule has 0 saturated carbocycles. The van der Waals surface area contributed by atoms with Gasteiger partial charge in [-0.2, -0.15) is 5.10 Å². The molecule has 11 heteroatoms. The number of pyridine rings is 2. The van der Waals surface area contributed by atoms with Gasteiger partial charge in [0.15, 0.2) is 5.82 Å². The second kappa shape index (κ2) is 9.67. The van der Waals surface area contributed by atoms with Crippen LogP contribution in [-0.2, 0) is 37.8 Å². The molecule has 42 heavy (non-hydrogen) atoms. The van der Waals surface area contributed by atoms with E-state index in [2.05, 4.69) is 33.8 Å². The van der Waals surface area contributed by atoms with Gasteiger partial charge in [0.1, 0.15) is 17.2 Å². The van der Waals surface area contributed by atoms with Crippen molar-refractivity contribution in [2.75, 3.05) is 30.0 Å². The van der Waals surface area contributed by atoms with Crippen LogP contribution in [0.5, 0.6) is 0 Å². The van der Waals surface area contributed by atoms with E-state index in [-0.39, 0.29) is 29.5 Å². The fraction of sp³-hybridized carbons (Fsp3) is 0.419. The number of amides is 1. The number of carbonyl (C=O) groups excluding carboxylic acids is 1. The number of rotatable bonds is 6. The van der Waals surface area contributed by atoms with E-state index >= 15 is 0 Å². The summed E-state index contributed by atoms with van der Waals surface area (Å²) in [6.45, 7) is 8.58. The number of nitrogens with zero attached hydrogens (tertiary/aromatic N) is 6. The molecule has 2 aliphatic heterocycles. The predicted octanol–water partition coefficient (Wildman–Crippen LogP) is 3.35. The fourth-order valence-electron chi connectivity index (χ4n) is 6.62. The zero-order chi connectivity index (χ0) is 29.3. The van der Waals surface area contributed by atoms with Gasteiger partial charge in [-0.25, -0.2) is 4.98 Å². The number of ether oxygens (including phenoxy) is 1. The molecule has 0 atom stereocenters. The summed E-state index contributed by atoms with van der Waals surface area (Å²) >= 11 is 0. The van der Waals surface area contributed by atoms with Gasteiger partial charge in [0.2, 0.25) is 0 Å². The molecule has 0 aromatic carbocycles. The van der Waals surface area contributed by atoms with Crippen LogP contribution in [0.2, 0.25) is 0 Å². The number of fused-ring (bicyclic) bond motifs is 3. The molecule has 4 aromatic rings. The molecule has 0 spiro atoms. The molecule has 0 bridgehead atoms. The number of hydrogen-bond donors (Lipinski definition) is 2. The number of anilines is 3. The SMILES string of the molecule is Cc1cc(Nc2cc(-c3ccnc(N4CCn5c(cc6c5CC(C)(C)C6)C4=O)c3CO)cn(C)c2=O)nn1C1COC1. The lowest BCUT2D eigenvalue weighted by atomic mass is 9.90. The molecule has 1 fully saturated rings. The third-order valence-corrected chi connectivity index (χ3v) is 8.72. The highest BCUT2D eigenvalue weighted by atomic mass is 16.5. The van der Waals surface area contributed by atoms with Crippen LogP contribution >= 0.6 is 0 Å². The third kappa shape index (κ3) is 4.26. The summed E-state index contributed by atoms with van der Waals surface area (Å²) in [4.78, 5) is 33.1. The van der Waals surface area contributed by atoms with Gasteiger partial charge in [-0.05, 0) is 54.5 Å². The van der Waals surface area contributed by atoms with Crippen LogP contribution in [0.4, 0.5) is 17.3 Å². The standard InChI is InChI=1S/C31H35N7O4/c1-18-9-27(34-38(18)21-16-42-17-21)33-24-10-20(14-35(4)29(24)40)22-5-6-32-28(23(22)15-39)37-8-7-36-25(30(37)41)11-19-12-31(2,3)13-26(19)36/h5-6,9-11,14,21,39H,7-8,12-13,15-17H2,1-4H3,(H,33,34). The zero-order valence-electron chi connectivity index (χ0n) is 24.3. The van der Waals surface area contributed by atoms with Gasteiger partial charge in [0.25, 0.3) is 11.5 Å². The van der Waals surface area contributed by atoms with Crippen molar-refractivity contribution in [2.24, 2.45) is 12.5 Å².